The number of nitriles is 1. The van der Waals surface area contributed by atoms with Gasteiger partial charge in [-0.1, -0.05) is 6.07 Å². The van der Waals surface area contributed by atoms with Crippen LogP contribution in [0.5, 0.6) is 11.5 Å². The summed E-state index contributed by atoms with van der Waals surface area (Å²) in [5.74, 6) is 0.703. The fourth-order valence-electron chi connectivity index (χ4n) is 4.41. The highest BCUT2D eigenvalue weighted by atomic mass is 19.1. The summed E-state index contributed by atoms with van der Waals surface area (Å²) in [4.78, 5) is 17.7. The summed E-state index contributed by atoms with van der Waals surface area (Å²) in [6.45, 7) is 0.276. The van der Waals surface area contributed by atoms with Gasteiger partial charge in [0.15, 0.2) is 0 Å². The van der Waals surface area contributed by atoms with Gasteiger partial charge in [0.1, 0.15) is 28.9 Å². The van der Waals surface area contributed by atoms with E-state index in [1.807, 2.05) is 47.0 Å². The molecule has 37 heavy (non-hydrogen) atoms. The van der Waals surface area contributed by atoms with E-state index in [1.165, 1.54) is 12.1 Å². The molecule has 0 radical (unpaired) electrons. The van der Waals surface area contributed by atoms with Gasteiger partial charge in [-0.2, -0.15) is 5.26 Å². The van der Waals surface area contributed by atoms with Crippen LogP contribution in [0, 0.1) is 17.1 Å². The summed E-state index contributed by atoms with van der Waals surface area (Å²) in [5.41, 5.74) is 4.49. The minimum absolute atomic E-state index is 0.0185. The predicted molar refractivity (Wildman–Crippen MR) is 137 cm³/mol. The fourth-order valence-corrected chi connectivity index (χ4v) is 4.41. The molecule has 0 aliphatic rings. The first kappa shape index (κ1) is 23.8. The molecule has 0 spiro atoms. The maximum Gasteiger partial charge on any atom is 0.275 e. The van der Waals surface area contributed by atoms with Crippen LogP contribution in [0.25, 0.3) is 16.6 Å². The Hall–Kier alpha value is -4.90. The number of hydrogen-bond acceptors (Lipinski definition) is 5. The molecule has 0 saturated carbocycles. The van der Waals surface area contributed by atoms with Gasteiger partial charge >= 0.3 is 0 Å². The van der Waals surface area contributed by atoms with E-state index in [0.717, 1.165) is 27.9 Å². The lowest BCUT2D eigenvalue weighted by Gasteiger charge is -2.15. The number of ether oxygens (including phenoxy) is 2. The SMILES string of the molecule is COc1ccc(Cn2cc(Cc3ccc(F)c(C#N)c3)n3cc(-c4ccncc4)cc3c2=O)c(OC)c1. The van der Waals surface area contributed by atoms with Gasteiger partial charge in [0, 0.05) is 54.1 Å². The molecule has 184 valence electrons. The molecule has 3 heterocycles. The molecule has 0 aliphatic carbocycles. The molecule has 7 nitrogen and oxygen atoms in total. The molecule has 2 aromatic carbocycles. The Balaban J connectivity index is 1.66. The van der Waals surface area contributed by atoms with Crippen LogP contribution < -0.4 is 15.0 Å². The van der Waals surface area contributed by atoms with E-state index in [4.69, 9.17) is 9.47 Å². The van der Waals surface area contributed by atoms with E-state index in [1.54, 1.807) is 49.5 Å². The third-order valence-electron chi connectivity index (χ3n) is 6.30. The summed E-state index contributed by atoms with van der Waals surface area (Å²) < 4.78 is 28.3. The average molecular weight is 495 g/mol. The van der Waals surface area contributed by atoms with Crippen molar-refractivity contribution in [3.05, 3.63) is 118 Å². The maximum atomic E-state index is 13.9. The molecule has 0 amide bonds. The summed E-state index contributed by atoms with van der Waals surface area (Å²) in [6, 6.07) is 17.5. The van der Waals surface area contributed by atoms with Gasteiger partial charge in [0.2, 0.25) is 0 Å². The fraction of sp³-hybridized carbons (Fsp3) is 0.138. The van der Waals surface area contributed by atoms with E-state index in [-0.39, 0.29) is 17.7 Å². The van der Waals surface area contributed by atoms with Gasteiger partial charge in [0.25, 0.3) is 5.56 Å². The van der Waals surface area contributed by atoms with Gasteiger partial charge in [0.05, 0.1) is 26.3 Å². The summed E-state index contributed by atoms with van der Waals surface area (Å²) >= 11 is 0. The normalized spacial score (nSPS) is 10.9. The van der Waals surface area contributed by atoms with Crippen LogP contribution in [-0.2, 0) is 13.0 Å². The molecule has 0 aliphatic heterocycles. The van der Waals surface area contributed by atoms with Crippen LogP contribution in [0.1, 0.15) is 22.4 Å². The van der Waals surface area contributed by atoms with Crippen LogP contribution >= 0.6 is 0 Å². The molecular weight excluding hydrogens is 471 g/mol. The predicted octanol–water partition coefficient (Wildman–Crippen LogP) is 4.83. The Bertz CT molecular complexity index is 1700. The van der Waals surface area contributed by atoms with E-state index in [0.29, 0.717) is 23.4 Å². The third-order valence-corrected chi connectivity index (χ3v) is 6.30. The number of methoxy groups -OCH3 is 2. The molecule has 0 unspecified atom stereocenters. The highest BCUT2D eigenvalue weighted by molar-refractivity contribution is 5.70. The number of halogens is 1. The second-order valence-corrected chi connectivity index (χ2v) is 8.55. The van der Waals surface area contributed by atoms with Crippen molar-refractivity contribution >= 4 is 5.52 Å². The summed E-state index contributed by atoms with van der Waals surface area (Å²) in [5, 5.41) is 9.27. The molecule has 0 fully saturated rings. The molecular formula is C29H23FN4O3. The molecule has 5 rings (SSSR count). The number of fused-ring (bicyclic) bond motifs is 1. The first-order chi connectivity index (χ1) is 18.0. The average Bonchev–Trinajstić information content (AvgIpc) is 3.39. The highest BCUT2D eigenvalue weighted by Crippen LogP contribution is 2.26. The first-order valence-electron chi connectivity index (χ1n) is 11.5. The van der Waals surface area contributed by atoms with Crippen LogP contribution in [0.4, 0.5) is 4.39 Å². The van der Waals surface area contributed by atoms with Gasteiger partial charge in [-0.15, -0.1) is 0 Å². The second kappa shape index (κ2) is 9.99. The van der Waals surface area contributed by atoms with Gasteiger partial charge in [-0.05, 0) is 53.6 Å². The van der Waals surface area contributed by atoms with E-state index in [9.17, 15) is 14.4 Å². The van der Waals surface area contributed by atoms with Crippen LogP contribution in [0.3, 0.4) is 0 Å². The number of aromatic nitrogens is 3. The van der Waals surface area contributed by atoms with Gasteiger partial charge in [-0.3, -0.25) is 9.78 Å². The van der Waals surface area contributed by atoms with Crippen molar-refractivity contribution in [1.82, 2.24) is 14.0 Å². The summed E-state index contributed by atoms with van der Waals surface area (Å²) in [6.07, 6.45) is 7.50. The topological polar surface area (TPSA) is 81.5 Å². The zero-order valence-corrected chi connectivity index (χ0v) is 20.3. The monoisotopic (exact) mass is 494 g/mol. The minimum Gasteiger partial charge on any atom is -0.497 e. The van der Waals surface area contributed by atoms with Gasteiger partial charge in [-0.25, -0.2) is 4.39 Å². The van der Waals surface area contributed by atoms with Crippen molar-refractivity contribution in [3.8, 4) is 28.7 Å². The van der Waals surface area contributed by atoms with E-state index >= 15 is 0 Å². The van der Waals surface area contributed by atoms with Crippen LogP contribution in [0.15, 0.2) is 84.2 Å². The zero-order chi connectivity index (χ0) is 25.9. The number of rotatable bonds is 7. The first-order valence-corrected chi connectivity index (χ1v) is 11.5. The largest absolute Gasteiger partial charge is 0.497 e. The van der Waals surface area contributed by atoms with Crippen LogP contribution in [-0.4, -0.2) is 28.2 Å². The number of pyridine rings is 1. The molecule has 3 aromatic heterocycles. The van der Waals surface area contributed by atoms with Crippen molar-refractivity contribution in [3.63, 3.8) is 0 Å². The minimum atomic E-state index is -0.561. The van der Waals surface area contributed by atoms with Crippen molar-refractivity contribution in [2.75, 3.05) is 14.2 Å². The lowest BCUT2D eigenvalue weighted by Crippen LogP contribution is -2.24. The molecule has 0 atom stereocenters. The number of nitrogens with zero attached hydrogens (tertiary/aromatic N) is 4. The van der Waals surface area contributed by atoms with Crippen molar-refractivity contribution in [2.24, 2.45) is 0 Å². The standard InChI is InChI=1S/C29H23FN4O3/c1-36-25-5-4-21(28(14-25)37-2)16-33-18-24(12-19-3-6-26(30)22(11-19)15-31)34-17-23(13-27(34)29(33)35)20-7-9-32-10-8-20/h3-11,13-14,17-18H,12,16H2,1-2H3. The Labute approximate surface area is 212 Å². The summed E-state index contributed by atoms with van der Waals surface area (Å²) in [7, 11) is 3.16. The van der Waals surface area contributed by atoms with E-state index < -0.39 is 5.82 Å². The lowest BCUT2D eigenvalue weighted by molar-refractivity contribution is 0.390. The Kier molecular flexibility index (Phi) is 6.43. The van der Waals surface area contributed by atoms with Crippen molar-refractivity contribution < 1.29 is 13.9 Å². The van der Waals surface area contributed by atoms with Crippen molar-refractivity contribution in [2.45, 2.75) is 13.0 Å². The van der Waals surface area contributed by atoms with E-state index in [2.05, 4.69) is 4.98 Å². The Morgan fingerprint density at radius 3 is 2.51 bits per heavy atom. The number of hydrogen-bond donors (Lipinski definition) is 0. The Morgan fingerprint density at radius 1 is 0.973 bits per heavy atom. The molecule has 8 heteroatoms. The molecule has 0 bridgehead atoms. The quantitative estimate of drug-likeness (QED) is 0.324. The second-order valence-electron chi connectivity index (χ2n) is 8.55. The molecule has 5 aromatic rings. The number of benzene rings is 2. The van der Waals surface area contributed by atoms with Gasteiger partial charge < -0.3 is 18.4 Å². The zero-order valence-electron chi connectivity index (χ0n) is 20.3. The third kappa shape index (κ3) is 4.67. The lowest BCUT2D eigenvalue weighted by atomic mass is 10.1. The maximum absolute atomic E-state index is 13.9. The highest BCUT2D eigenvalue weighted by Gasteiger charge is 2.15. The Morgan fingerprint density at radius 2 is 1.78 bits per heavy atom. The smallest absolute Gasteiger partial charge is 0.275 e. The van der Waals surface area contributed by atoms with Crippen LogP contribution in [0.2, 0.25) is 0 Å². The molecule has 0 saturated heterocycles. The molecule has 0 N–H and O–H groups in total. The van der Waals surface area contributed by atoms with Crippen molar-refractivity contribution in [1.29, 1.82) is 5.26 Å².